The van der Waals surface area contributed by atoms with Crippen molar-refractivity contribution in [2.75, 3.05) is 6.54 Å². The molecule has 6 nitrogen and oxygen atoms in total. The summed E-state index contributed by atoms with van der Waals surface area (Å²) in [6.07, 6.45) is 1.11. The number of carbonyl (C=O) groups is 2. The molecule has 0 aliphatic heterocycles. The first-order valence-electron chi connectivity index (χ1n) is 10.2. The zero-order chi connectivity index (χ0) is 22.4. The molecule has 0 aliphatic carbocycles. The van der Waals surface area contributed by atoms with Crippen molar-refractivity contribution in [1.29, 1.82) is 5.26 Å². The topological polar surface area (TPSA) is 94.0 Å². The molecule has 6 heteroatoms. The minimum absolute atomic E-state index is 0.0471. The fraction of sp³-hybridized carbons (Fsp3) is 0.458. The number of nitrogens with one attached hydrogen (secondary N) is 3. The SMILES string of the molecule is CC(C)(C)CC(C)(C)NC(=O)NC(Cc1ccc2ccccc2c1)C(=O)NCC#N. The smallest absolute Gasteiger partial charge is 0.315 e. The molecule has 30 heavy (non-hydrogen) atoms. The van der Waals surface area contributed by atoms with Crippen molar-refractivity contribution in [3.63, 3.8) is 0 Å². The highest BCUT2D eigenvalue weighted by molar-refractivity contribution is 5.88. The summed E-state index contributed by atoms with van der Waals surface area (Å²) in [6, 6.07) is 14.7. The summed E-state index contributed by atoms with van der Waals surface area (Å²) >= 11 is 0. The van der Waals surface area contributed by atoms with E-state index < -0.39 is 17.6 Å². The van der Waals surface area contributed by atoms with E-state index in [4.69, 9.17) is 5.26 Å². The van der Waals surface area contributed by atoms with E-state index in [2.05, 4.69) is 36.7 Å². The van der Waals surface area contributed by atoms with Crippen molar-refractivity contribution in [3.8, 4) is 6.07 Å². The largest absolute Gasteiger partial charge is 0.341 e. The van der Waals surface area contributed by atoms with Crippen LogP contribution in [0.15, 0.2) is 42.5 Å². The van der Waals surface area contributed by atoms with Crippen LogP contribution < -0.4 is 16.0 Å². The van der Waals surface area contributed by atoms with Gasteiger partial charge in [0.1, 0.15) is 12.6 Å². The number of fused-ring (bicyclic) bond motifs is 1. The summed E-state index contributed by atoms with van der Waals surface area (Å²) in [5.41, 5.74) is 0.546. The quantitative estimate of drug-likeness (QED) is 0.606. The highest BCUT2D eigenvalue weighted by Gasteiger charge is 2.29. The number of hydrogen-bond acceptors (Lipinski definition) is 3. The summed E-state index contributed by atoms with van der Waals surface area (Å²) in [7, 11) is 0. The second kappa shape index (κ2) is 9.62. The van der Waals surface area contributed by atoms with Gasteiger partial charge in [-0.25, -0.2) is 4.79 Å². The van der Waals surface area contributed by atoms with E-state index in [1.54, 1.807) is 0 Å². The fourth-order valence-corrected chi connectivity index (χ4v) is 3.93. The van der Waals surface area contributed by atoms with Gasteiger partial charge in [-0.15, -0.1) is 0 Å². The molecule has 3 N–H and O–H groups in total. The monoisotopic (exact) mass is 408 g/mol. The van der Waals surface area contributed by atoms with E-state index in [1.807, 2.05) is 62.4 Å². The van der Waals surface area contributed by atoms with Crippen LogP contribution in [0.25, 0.3) is 10.8 Å². The van der Waals surface area contributed by atoms with Crippen LogP contribution in [0, 0.1) is 16.7 Å². The van der Waals surface area contributed by atoms with Gasteiger partial charge >= 0.3 is 6.03 Å². The normalized spacial score (nSPS) is 12.7. The van der Waals surface area contributed by atoms with Crippen molar-refractivity contribution in [2.45, 2.75) is 59.0 Å². The molecular weight excluding hydrogens is 376 g/mol. The van der Waals surface area contributed by atoms with Gasteiger partial charge in [0.05, 0.1) is 6.07 Å². The number of urea groups is 1. The van der Waals surface area contributed by atoms with Gasteiger partial charge in [0.2, 0.25) is 5.91 Å². The molecule has 0 aromatic heterocycles. The van der Waals surface area contributed by atoms with Crippen molar-refractivity contribution >= 4 is 22.7 Å². The zero-order valence-electron chi connectivity index (χ0n) is 18.5. The third kappa shape index (κ3) is 7.40. The lowest BCUT2D eigenvalue weighted by Crippen LogP contribution is -2.56. The van der Waals surface area contributed by atoms with Crippen molar-refractivity contribution in [1.82, 2.24) is 16.0 Å². The molecule has 2 aromatic rings. The second-order valence-electron chi connectivity index (χ2n) is 9.53. The number of hydrogen-bond donors (Lipinski definition) is 3. The average molecular weight is 409 g/mol. The Morgan fingerprint density at radius 3 is 2.33 bits per heavy atom. The van der Waals surface area contributed by atoms with E-state index >= 15 is 0 Å². The van der Waals surface area contributed by atoms with Gasteiger partial charge in [-0.1, -0.05) is 63.2 Å². The average Bonchev–Trinajstić information content (AvgIpc) is 2.62. The third-order valence-corrected chi connectivity index (χ3v) is 4.64. The molecule has 0 heterocycles. The van der Waals surface area contributed by atoms with Gasteiger partial charge in [-0.2, -0.15) is 5.26 Å². The van der Waals surface area contributed by atoms with E-state index in [-0.39, 0.29) is 17.9 Å². The second-order valence-corrected chi connectivity index (χ2v) is 9.53. The Morgan fingerprint density at radius 1 is 1.03 bits per heavy atom. The summed E-state index contributed by atoms with van der Waals surface area (Å²) < 4.78 is 0. The van der Waals surface area contributed by atoms with Gasteiger partial charge in [-0.3, -0.25) is 4.79 Å². The van der Waals surface area contributed by atoms with Gasteiger partial charge in [0, 0.05) is 12.0 Å². The van der Waals surface area contributed by atoms with Gasteiger partial charge in [-0.05, 0) is 42.0 Å². The van der Waals surface area contributed by atoms with Gasteiger partial charge in [0.15, 0.2) is 0 Å². The van der Waals surface area contributed by atoms with Gasteiger partial charge < -0.3 is 16.0 Å². The summed E-state index contributed by atoms with van der Waals surface area (Å²) in [6.45, 7) is 10.2. The molecule has 0 fully saturated rings. The molecule has 0 saturated carbocycles. The van der Waals surface area contributed by atoms with Crippen LogP contribution in [-0.4, -0.2) is 30.1 Å². The van der Waals surface area contributed by atoms with Crippen molar-refractivity contribution in [2.24, 2.45) is 5.41 Å². The molecule has 2 aromatic carbocycles. The first-order valence-corrected chi connectivity index (χ1v) is 10.2. The molecule has 3 amide bonds. The maximum atomic E-state index is 12.7. The number of carbonyl (C=O) groups excluding carboxylic acids is 2. The molecule has 160 valence electrons. The van der Waals surface area contributed by atoms with Crippen LogP contribution in [0.2, 0.25) is 0 Å². The van der Waals surface area contributed by atoms with E-state index in [0.29, 0.717) is 6.42 Å². The standard InChI is InChI=1S/C24H32N4O2/c1-23(2,3)16-24(4,5)28-22(30)27-20(21(29)26-13-12-25)15-17-10-11-18-8-6-7-9-19(18)14-17/h6-11,14,20H,13,15-16H2,1-5H3,(H,26,29)(H2,27,28,30). The van der Waals surface area contributed by atoms with E-state index in [1.165, 1.54) is 0 Å². The lowest BCUT2D eigenvalue weighted by atomic mass is 9.82. The Labute approximate surface area is 179 Å². The van der Waals surface area contributed by atoms with Crippen LogP contribution in [-0.2, 0) is 11.2 Å². The molecule has 0 aliphatic rings. The molecule has 1 atom stereocenters. The third-order valence-electron chi connectivity index (χ3n) is 4.64. The maximum Gasteiger partial charge on any atom is 0.315 e. The highest BCUT2D eigenvalue weighted by atomic mass is 16.2. The molecule has 0 bridgehead atoms. The number of benzene rings is 2. The Balaban J connectivity index is 2.15. The molecule has 1 unspecified atom stereocenters. The summed E-state index contributed by atoms with van der Waals surface area (Å²) in [5.74, 6) is -0.381. The Kier molecular flexibility index (Phi) is 7.44. The maximum absolute atomic E-state index is 12.7. The minimum atomic E-state index is -0.787. The molecule has 0 saturated heterocycles. The van der Waals surface area contributed by atoms with E-state index in [9.17, 15) is 9.59 Å². The summed E-state index contributed by atoms with van der Waals surface area (Å²) in [5, 5.41) is 19.3. The predicted octanol–water partition coefficient (Wildman–Crippen LogP) is 3.90. The summed E-state index contributed by atoms with van der Waals surface area (Å²) in [4.78, 5) is 25.3. The van der Waals surface area contributed by atoms with Crippen LogP contribution in [0.1, 0.15) is 46.6 Å². The van der Waals surface area contributed by atoms with Crippen LogP contribution in [0.4, 0.5) is 4.79 Å². The van der Waals surface area contributed by atoms with Crippen LogP contribution >= 0.6 is 0 Å². The van der Waals surface area contributed by atoms with Gasteiger partial charge in [0.25, 0.3) is 0 Å². The van der Waals surface area contributed by atoms with Crippen molar-refractivity contribution in [3.05, 3.63) is 48.0 Å². The van der Waals surface area contributed by atoms with Crippen LogP contribution in [0.3, 0.4) is 0 Å². The number of nitrogens with zero attached hydrogens (tertiary/aromatic N) is 1. The van der Waals surface area contributed by atoms with E-state index in [0.717, 1.165) is 22.8 Å². The predicted molar refractivity (Wildman–Crippen MR) is 120 cm³/mol. The number of nitriles is 1. The zero-order valence-corrected chi connectivity index (χ0v) is 18.5. The Hall–Kier alpha value is -3.07. The molecule has 2 rings (SSSR count). The Morgan fingerprint density at radius 2 is 1.70 bits per heavy atom. The molecular formula is C24H32N4O2. The lowest BCUT2D eigenvalue weighted by Gasteiger charge is -2.33. The Bertz CT molecular complexity index is 938. The molecule has 0 radical (unpaired) electrons. The van der Waals surface area contributed by atoms with Crippen molar-refractivity contribution < 1.29 is 9.59 Å². The highest BCUT2D eigenvalue weighted by Crippen LogP contribution is 2.26. The fourth-order valence-electron chi connectivity index (χ4n) is 3.93. The minimum Gasteiger partial charge on any atom is -0.341 e. The number of amides is 3. The first-order chi connectivity index (χ1) is 14.0. The number of rotatable bonds is 7. The van der Waals surface area contributed by atoms with Crippen LogP contribution in [0.5, 0.6) is 0 Å². The first kappa shape index (κ1) is 23.2. The lowest BCUT2D eigenvalue weighted by molar-refractivity contribution is -0.122. The molecule has 0 spiro atoms.